The Hall–Kier alpha value is -2.14. The monoisotopic (exact) mass is 257 g/mol. The Balaban J connectivity index is 1.85. The molecule has 0 aromatic carbocycles. The number of nitrogens with zero attached hydrogens (tertiary/aromatic N) is 2. The smallest absolute Gasteiger partial charge is 0.187 e. The molecule has 3 heterocycles. The van der Waals surface area contributed by atoms with E-state index in [0.717, 1.165) is 27.6 Å². The molecule has 90 valence electrons. The second-order valence-corrected chi connectivity index (χ2v) is 4.72. The summed E-state index contributed by atoms with van der Waals surface area (Å²) in [7, 11) is 0. The second kappa shape index (κ2) is 4.62. The van der Waals surface area contributed by atoms with Crippen molar-refractivity contribution in [3.05, 3.63) is 48.0 Å². The van der Waals surface area contributed by atoms with Crippen molar-refractivity contribution >= 4 is 22.2 Å². The Morgan fingerprint density at radius 2 is 2.28 bits per heavy atom. The van der Waals surface area contributed by atoms with Crippen molar-refractivity contribution < 1.29 is 4.42 Å². The molecule has 18 heavy (non-hydrogen) atoms. The lowest BCUT2D eigenvalue weighted by atomic mass is 10.2. The van der Waals surface area contributed by atoms with Gasteiger partial charge >= 0.3 is 0 Å². The Bertz CT molecular complexity index is 646. The Labute approximate surface area is 108 Å². The van der Waals surface area contributed by atoms with E-state index in [1.54, 1.807) is 36.3 Å². The first-order valence-corrected chi connectivity index (χ1v) is 6.36. The second-order valence-electron chi connectivity index (χ2n) is 3.87. The first-order chi connectivity index (χ1) is 8.83. The van der Waals surface area contributed by atoms with Crippen LogP contribution in [0.3, 0.4) is 0 Å². The summed E-state index contributed by atoms with van der Waals surface area (Å²) in [4.78, 5) is 8.61. The van der Waals surface area contributed by atoms with E-state index in [-0.39, 0.29) is 0 Å². The lowest BCUT2D eigenvalue weighted by Crippen LogP contribution is -1.93. The Morgan fingerprint density at radius 3 is 3.06 bits per heavy atom. The summed E-state index contributed by atoms with van der Waals surface area (Å²) in [5.74, 6) is 0. The van der Waals surface area contributed by atoms with E-state index >= 15 is 0 Å². The van der Waals surface area contributed by atoms with Crippen LogP contribution in [-0.4, -0.2) is 9.97 Å². The standard InChI is InChI=1S/C13H11N3OS/c1-9-2-4-14-6-11(9)15-13-16-12(8-18-13)10-3-5-17-7-10/h2-8H,1H3,(H,15,16). The first kappa shape index (κ1) is 11.0. The summed E-state index contributed by atoms with van der Waals surface area (Å²) in [6.07, 6.45) is 6.91. The summed E-state index contributed by atoms with van der Waals surface area (Å²) in [5, 5.41) is 6.12. The lowest BCUT2D eigenvalue weighted by Gasteiger charge is -2.04. The molecule has 1 N–H and O–H groups in total. The number of rotatable bonds is 3. The summed E-state index contributed by atoms with van der Waals surface area (Å²) in [6, 6.07) is 3.86. The topological polar surface area (TPSA) is 51.0 Å². The molecule has 0 radical (unpaired) electrons. The minimum absolute atomic E-state index is 0.849. The van der Waals surface area contributed by atoms with Crippen LogP contribution in [0, 0.1) is 6.92 Å². The SMILES string of the molecule is Cc1ccncc1Nc1nc(-c2ccoc2)cs1. The number of aryl methyl sites for hydroxylation is 1. The molecule has 0 spiro atoms. The molecule has 0 aliphatic heterocycles. The van der Waals surface area contributed by atoms with Gasteiger partial charge in [0.2, 0.25) is 0 Å². The molecule has 0 aliphatic rings. The van der Waals surface area contributed by atoms with Gasteiger partial charge in [0.25, 0.3) is 0 Å². The number of pyridine rings is 1. The molecule has 3 rings (SSSR count). The van der Waals surface area contributed by atoms with Crippen LogP contribution >= 0.6 is 11.3 Å². The average Bonchev–Trinajstić information content (AvgIpc) is 3.02. The van der Waals surface area contributed by atoms with Gasteiger partial charge in [0.05, 0.1) is 30.1 Å². The van der Waals surface area contributed by atoms with Crippen LogP contribution in [-0.2, 0) is 0 Å². The van der Waals surface area contributed by atoms with Gasteiger partial charge in [-0.2, -0.15) is 0 Å². The zero-order valence-electron chi connectivity index (χ0n) is 9.75. The van der Waals surface area contributed by atoms with Gasteiger partial charge in [0.15, 0.2) is 5.13 Å². The zero-order valence-corrected chi connectivity index (χ0v) is 10.6. The van der Waals surface area contributed by atoms with Crippen molar-refractivity contribution in [2.75, 3.05) is 5.32 Å². The number of hydrogen-bond acceptors (Lipinski definition) is 5. The van der Waals surface area contributed by atoms with Crippen LogP contribution in [0.4, 0.5) is 10.8 Å². The van der Waals surface area contributed by atoms with Crippen molar-refractivity contribution in [1.29, 1.82) is 0 Å². The van der Waals surface area contributed by atoms with Gasteiger partial charge in [0, 0.05) is 17.1 Å². The molecule has 0 saturated carbocycles. The summed E-state index contributed by atoms with van der Waals surface area (Å²) < 4.78 is 5.05. The van der Waals surface area contributed by atoms with E-state index in [1.807, 2.05) is 24.4 Å². The number of furan rings is 1. The summed E-state index contributed by atoms with van der Waals surface area (Å²) >= 11 is 1.56. The number of anilines is 2. The largest absolute Gasteiger partial charge is 0.472 e. The van der Waals surface area contributed by atoms with Crippen LogP contribution in [0.15, 0.2) is 46.8 Å². The van der Waals surface area contributed by atoms with Crippen LogP contribution in [0.5, 0.6) is 0 Å². The molecule has 3 aromatic rings. The molecular weight excluding hydrogens is 246 g/mol. The predicted octanol–water partition coefficient (Wildman–Crippen LogP) is 3.85. The number of thiazole rings is 1. The van der Waals surface area contributed by atoms with E-state index in [1.165, 1.54) is 0 Å². The predicted molar refractivity (Wildman–Crippen MR) is 72.1 cm³/mol. The molecule has 0 saturated heterocycles. The van der Waals surface area contributed by atoms with Crippen molar-refractivity contribution in [2.45, 2.75) is 6.92 Å². The van der Waals surface area contributed by atoms with Crippen molar-refractivity contribution in [3.8, 4) is 11.3 Å². The molecule has 0 unspecified atom stereocenters. The van der Waals surface area contributed by atoms with Gasteiger partial charge < -0.3 is 9.73 Å². The van der Waals surface area contributed by atoms with Gasteiger partial charge in [-0.1, -0.05) is 0 Å². The zero-order chi connectivity index (χ0) is 12.4. The third-order valence-electron chi connectivity index (χ3n) is 2.60. The summed E-state index contributed by atoms with van der Waals surface area (Å²) in [5.41, 5.74) is 4.02. The number of aromatic nitrogens is 2. The van der Waals surface area contributed by atoms with Gasteiger partial charge in [-0.25, -0.2) is 4.98 Å². The highest BCUT2D eigenvalue weighted by atomic mass is 32.1. The molecule has 0 fully saturated rings. The highest BCUT2D eigenvalue weighted by Crippen LogP contribution is 2.27. The molecule has 5 heteroatoms. The highest BCUT2D eigenvalue weighted by Gasteiger charge is 2.06. The molecule has 3 aromatic heterocycles. The van der Waals surface area contributed by atoms with Crippen LogP contribution in [0.25, 0.3) is 11.3 Å². The maximum atomic E-state index is 5.05. The quantitative estimate of drug-likeness (QED) is 0.774. The first-order valence-electron chi connectivity index (χ1n) is 5.48. The maximum Gasteiger partial charge on any atom is 0.187 e. The Morgan fingerprint density at radius 1 is 1.33 bits per heavy atom. The van der Waals surface area contributed by atoms with Crippen LogP contribution < -0.4 is 5.32 Å². The third kappa shape index (κ3) is 2.12. The van der Waals surface area contributed by atoms with Gasteiger partial charge in [-0.05, 0) is 24.6 Å². The Kier molecular flexibility index (Phi) is 2.82. The van der Waals surface area contributed by atoms with E-state index in [2.05, 4.69) is 15.3 Å². The van der Waals surface area contributed by atoms with E-state index in [0.29, 0.717) is 0 Å². The van der Waals surface area contributed by atoms with Crippen molar-refractivity contribution in [2.24, 2.45) is 0 Å². The van der Waals surface area contributed by atoms with E-state index in [9.17, 15) is 0 Å². The van der Waals surface area contributed by atoms with Gasteiger partial charge in [0.1, 0.15) is 0 Å². The lowest BCUT2D eigenvalue weighted by molar-refractivity contribution is 0.568. The normalized spacial score (nSPS) is 10.5. The molecule has 0 aliphatic carbocycles. The van der Waals surface area contributed by atoms with E-state index in [4.69, 9.17) is 4.42 Å². The minimum Gasteiger partial charge on any atom is -0.472 e. The molecule has 4 nitrogen and oxygen atoms in total. The van der Waals surface area contributed by atoms with Crippen molar-refractivity contribution in [1.82, 2.24) is 9.97 Å². The summed E-state index contributed by atoms with van der Waals surface area (Å²) in [6.45, 7) is 2.04. The van der Waals surface area contributed by atoms with E-state index < -0.39 is 0 Å². The fourth-order valence-electron chi connectivity index (χ4n) is 1.58. The van der Waals surface area contributed by atoms with Crippen LogP contribution in [0.1, 0.15) is 5.56 Å². The number of hydrogen-bond donors (Lipinski definition) is 1. The maximum absolute atomic E-state index is 5.05. The minimum atomic E-state index is 0.849. The fraction of sp³-hybridized carbons (Fsp3) is 0.0769. The van der Waals surface area contributed by atoms with Crippen LogP contribution in [0.2, 0.25) is 0 Å². The average molecular weight is 257 g/mol. The van der Waals surface area contributed by atoms with Gasteiger partial charge in [-0.3, -0.25) is 4.98 Å². The molecule has 0 bridgehead atoms. The fourth-order valence-corrected chi connectivity index (χ4v) is 2.32. The molecule has 0 amide bonds. The van der Waals surface area contributed by atoms with Gasteiger partial charge in [-0.15, -0.1) is 11.3 Å². The third-order valence-corrected chi connectivity index (χ3v) is 3.36. The molecular formula is C13H11N3OS. The molecule has 0 atom stereocenters. The van der Waals surface area contributed by atoms with Crippen molar-refractivity contribution in [3.63, 3.8) is 0 Å². The number of nitrogens with one attached hydrogen (secondary N) is 1. The highest BCUT2D eigenvalue weighted by molar-refractivity contribution is 7.14.